The van der Waals surface area contributed by atoms with Crippen LogP contribution in [-0.4, -0.2) is 17.0 Å². The summed E-state index contributed by atoms with van der Waals surface area (Å²) in [5, 5.41) is 9.44. The van der Waals surface area contributed by atoms with Crippen LogP contribution in [0.5, 0.6) is 0 Å². The molecule has 2 aliphatic carbocycles. The fraction of sp³-hybridized carbons (Fsp3) is 0.929. The van der Waals surface area contributed by atoms with E-state index in [-0.39, 0.29) is 25.7 Å². The summed E-state index contributed by atoms with van der Waals surface area (Å²) in [5.41, 5.74) is -0.871. The third-order valence-electron chi connectivity index (χ3n) is 4.80. The number of halogens is 2. The summed E-state index contributed by atoms with van der Waals surface area (Å²) in [4.78, 5) is 11.5. The van der Waals surface area contributed by atoms with E-state index in [1.165, 1.54) is 6.42 Å². The van der Waals surface area contributed by atoms with E-state index in [1.807, 2.05) is 0 Å². The average molecular weight is 260 g/mol. The van der Waals surface area contributed by atoms with Crippen LogP contribution in [0, 0.1) is 11.3 Å². The lowest BCUT2D eigenvalue weighted by atomic mass is 9.66. The maximum Gasteiger partial charge on any atom is 0.309 e. The average Bonchev–Trinajstić information content (AvgIpc) is 2.33. The Hall–Kier alpha value is -0.670. The molecule has 0 aromatic carbocycles. The third-order valence-corrected chi connectivity index (χ3v) is 4.80. The molecule has 104 valence electrons. The zero-order valence-electron chi connectivity index (χ0n) is 10.8. The van der Waals surface area contributed by atoms with Gasteiger partial charge >= 0.3 is 5.97 Å². The fourth-order valence-corrected chi connectivity index (χ4v) is 3.54. The molecule has 0 atom stereocenters. The molecule has 0 aromatic rings. The molecule has 0 bridgehead atoms. The van der Waals surface area contributed by atoms with Gasteiger partial charge in [0.05, 0.1) is 5.41 Å². The predicted molar refractivity (Wildman–Crippen MR) is 64.7 cm³/mol. The highest BCUT2D eigenvalue weighted by atomic mass is 19.3. The molecule has 2 nitrogen and oxygen atoms in total. The van der Waals surface area contributed by atoms with Crippen LogP contribution < -0.4 is 0 Å². The summed E-state index contributed by atoms with van der Waals surface area (Å²) in [7, 11) is 0. The standard InChI is InChI=1S/C14H22F2O2/c15-14(16)8-6-13(7-9-14,12(17)18)10-11-4-2-1-3-5-11/h11H,1-10H2,(H,17,18). The largest absolute Gasteiger partial charge is 0.481 e. The lowest BCUT2D eigenvalue weighted by molar-refractivity contribution is -0.159. The fourth-order valence-electron chi connectivity index (χ4n) is 3.54. The van der Waals surface area contributed by atoms with E-state index in [4.69, 9.17) is 0 Å². The highest BCUT2D eigenvalue weighted by molar-refractivity contribution is 5.74. The van der Waals surface area contributed by atoms with E-state index in [0.29, 0.717) is 12.3 Å². The first-order chi connectivity index (χ1) is 8.44. The first-order valence-corrected chi connectivity index (χ1v) is 7.05. The maximum atomic E-state index is 13.2. The molecular formula is C14H22F2O2. The van der Waals surface area contributed by atoms with Crippen molar-refractivity contribution < 1.29 is 18.7 Å². The van der Waals surface area contributed by atoms with Crippen molar-refractivity contribution in [3.05, 3.63) is 0 Å². The van der Waals surface area contributed by atoms with E-state index in [9.17, 15) is 18.7 Å². The number of carbonyl (C=O) groups is 1. The maximum absolute atomic E-state index is 13.2. The van der Waals surface area contributed by atoms with E-state index in [2.05, 4.69) is 0 Å². The quantitative estimate of drug-likeness (QED) is 0.824. The molecule has 0 spiro atoms. The monoisotopic (exact) mass is 260 g/mol. The Morgan fingerprint density at radius 2 is 1.61 bits per heavy atom. The van der Waals surface area contributed by atoms with E-state index < -0.39 is 17.3 Å². The lowest BCUT2D eigenvalue weighted by Gasteiger charge is -2.39. The molecule has 0 aliphatic heterocycles. The van der Waals surface area contributed by atoms with Crippen LogP contribution in [0.4, 0.5) is 8.78 Å². The second-order valence-corrected chi connectivity index (χ2v) is 6.15. The Labute approximate surface area is 107 Å². The van der Waals surface area contributed by atoms with Crippen molar-refractivity contribution in [1.82, 2.24) is 0 Å². The molecule has 1 N–H and O–H groups in total. The number of carboxylic acids is 1. The zero-order valence-corrected chi connectivity index (χ0v) is 10.8. The van der Waals surface area contributed by atoms with E-state index in [0.717, 1.165) is 25.7 Å². The van der Waals surface area contributed by atoms with Crippen molar-refractivity contribution in [2.24, 2.45) is 11.3 Å². The minimum atomic E-state index is -2.65. The van der Waals surface area contributed by atoms with Gasteiger partial charge in [-0.1, -0.05) is 32.1 Å². The van der Waals surface area contributed by atoms with E-state index in [1.54, 1.807) is 0 Å². The predicted octanol–water partition coefficient (Wildman–Crippen LogP) is 4.24. The minimum Gasteiger partial charge on any atom is -0.481 e. The molecule has 2 rings (SSSR count). The van der Waals surface area contributed by atoms with Gasteiger partial charge in [0.15, 0.2) is 0 Å². The summed E-state index contributed by atoms with van der Waals surface area (Å²) >= 11 is 0. The van der Waals surface area contributed by atoms with Crippen LogP contribution in [0.15, 0.2) is 0 Å². The Balaban J connectivity index is 2.01. The molecule has 0 amide bonds. The van der Waals surface area contributed by atoms with Crippen molar-refractivity contribution in [1.29, 1.82) is 0 Å². The molecule has 0 heterocycles. The van der Waals surface area contributed by atoms with Gasteiger partial charge in [-0.05, 0) is 25.2 Å². The van der Waals surface area contributed by atoms with Crippen LogP contribution in [-0.2, 0) is 4.79 Å². The van der Waals surface area contributed by atoms with Gasteiger partial charge in [-0.2, -0.15) is 0 Å². The topological polar surface area (TPSA) is 37.3 Å². The van der Waals surface area contributed by atoms with Crippen LogP contribution in [0.1, 0.15) is 64.2 Å². The molecule has 2 fully saturated rings. The Morgan fingerprint density at radius 1 is 1.06 bits per heavy atom. The number of aliphatic carboxylic acids is 1. The number of alkyl halides is 2. The second kappa shape index (κ2) is 5.14. The first kappa shape index (κ1) is 13.8. The normalized spacial score (nSPS) is 27.9. The minimum absolute atomic E-state index is 0.145. The third kappa shape index (κ3) is 3.01. The SMILES string of the molecule is O=C(O)C1(CC2CCCCC2)CCC(F)(F)CC1. The molecule has 0 radical (unpaired) electrons. The Kier molecular flexibility index (Phi) is 3.93. The number of rotatable bonds is 3. The van der Waals surface area contributed by atoms with Crippen molar-refractivity contribution in [3.8, 4) is 0 Å². The smallest absolute Gasteiger partial charge is 0.309 e. The Bertz CT molecular complexity index is 299. The van der Waals surface area contributed by atoms with Crippen molar-refractivity contribution >= 4 is 5.97 Å². The van der Waals surface area contributed by atoms with Gasteiger partial charge in [0.2, 0.25) is 5.92 Å². The van der Waals surface area contributed by atoms with Crippen LogP contribution in [0.3, 0.4) is 0 Å². The number of hydrogen-bond acceptors (Lipinski definition) is 1. The van der Waals surface area contributed by atoms with Gasteiger partial charge in [-0.15, -0.1) is 0 Å². The molecule has 2 aliphatic rings. The van der Waals surface area contributed by atoms with Crippen molar-refractivity contribution in [3.63, 3.8) is 0 Å². The molecular weight excluding hydrogens is 238 g/mol. The van der Waals surface area contributed by atoms with Crippen LogP contribution in [0.2, 0.25) is 0 Å². The van der Waals surface area contributed by atoms with E-state index >= 15 is 0 Å². The van der Waals surface area contributed by atoms with Crippen LogP contribution >= 0.6 is 0 Å². The van der Waals surface area contributed by atoms with Gasteiger partial charge in [0.1, 0.15) is 0 Å². The zero-order chi connectivity index (χ0) is 13.2. The highest BCUT2D eigenvalue weighted by Crippen LogP contribution is 2.48. The summed E-state index contributed by atoms with van der Waals surface area (Å²) in [6, 6.07) is 0. The number of hydrogen-bond donors (Lipinski definition) is 1. The first-order valence-electron chi connectivity index (χ1n) is 7.05. The van der Waals surface area contributed by atoms with Crippen LogP contribution in [0.25, 0.3) is 0 Å². The summed E-state index contributed by atoms with van der Waals surface area (Å²) in [6.07, 6.45) is 6.09. The Morgan fingerprint density at radius 3 is 2.11 bits per heavy atom. The lowest BCUT2D eigenvalue weighted by Crippen LogP contribution is -2.40. The summed E-state index contributed by atoms with van der Waals surface area (Å²) < 4.78 is 26.4. The molecule has 2 saturated carbocycles. The second-order valence-electron chi connectivity index (χ2n) is 6.15. The number of carboxylic acid groups (broad SMARTS) is 1. The van der Waals surface area contributed by atoms with Gasteiger partial charge in [0.25, 0.3) is 0 Å². The van der Waals surface area contributed by atoms with Crippen molar-refractivity contribution in [2.45, 2.75) is 70.1 Å². The molecule has 4 heteroatoms. The molecule has 0 aromatic heterocycles. The van der Waals surface area contributed by atoms with Crippen molar-refractivity contribution in [2.75, 3.05) is 0 Å². The van der Waals surface area contributed by atoms with Gasteiger partial charge in [0, 0.05) is 12.8 Å². The molecule has 18 heavy (non-hydrogen) atoms. The van der Waals surface area contributed by atoms with Gasteiger partial charge in [-0.25, -0.2) is 8.78 Å². The summed E-state index contributed by atoms with van der Waals surface area (Å²) in [6.45, 7) is 0. The molecule has 0 saturated heterocycles. The van der Waals surface area contributed by atoms with Gasteiger partial charge < -0.3 is 5.11 Å². The highest BCUT2D eigenvalue weighted by Gasteiger charge is 2.48. The summed E-state index contributed by atoms with van der Waals surface area (Å²) in [5.74, 6) is -3.07. The van der Waals surface area contributed by atoms with Gasteiger partial charge in [-0.3, -0.25) is 4.79 Å². The molecule has 0 unspecified atom stereocenters.